The van der Waals surface area contributed by atoms with Gasteiger partial charge in [-0.15, -0.1) is 0 Å². The summed E-state index contributed by atoms with van der Waals surface area (Å²) in [6.45, 7) is 1.53. The second-order valence-electron chi connectivity index (χ2n) is 7.88. The van der Waals surface area contributed by atoms with Crippen molar-refractivity contribution in [3.8, 4) is 0 Å². The molecule has 4 rings (SSSR count). The Morgan fingerprint density at radius 2 is 1.93 bits per heavy atom. The number of halogens is 1. The van der Waals surface area contributed by atoms with Gasteiger partial charge >= 0.3 is 0 Å². The van der Waals surface area contributed by atoms with Crippen molar-refractivity contribution in [2.45, 2.75) is 32.2 Å². The molecule has 1 saturated heterocycles. The topological polar surface area (TPSA) is 65.2 Å². The second-order valence-corrected chi connectivity index (χ2v) is 7.88. The SMILES string of the molecule is O=C(NCc1ccc(F)cc1)[C@@H]1CCCN(C(=O)CCc2c[nH]c3ccccc23)C1. The molecule has 30 heavy (non-hydrogen) atoms. The summed E-state index contributed by atoms with van der Waals surface area (Å²) in [6, 6.07) is 14.2. The van der Waals surface area contributed by atoms with Crippen LogP contribution in [0.15, 0.2) is 54.7 Å². The zero-order valence-electron chi connectivity index (χ0n) is 16.9. The van der Waals surface area contributed by atoms with Crippen molar-refractivity contribution in [3.05, 3.63) is 71.7 Å². The van der Waals surface area contributed by atoms with Gasteiger partial charge < -0.3 is 15.2 Å². The van der Waals surface area contributed by atoms with E-state index in [-0.39, 0.29) is 23.5 Å². The Kier molecular flexibility index (Phi) is 6.12. The molecule has 156 valence electrons. The maximum absolute atomic E-state index is 13.0. The molecular formula is C24H26FN3O2. The molecule has 1 aromatic heterocycles. The summed E-state index contributed by atoms with van der Waals surface area (Å²) in [4.78, 5) is 30.4. The number of amides is 2. The fraction of sp³-hybridized carbons (Fsp3) is 0.333. The molecule has 2 amide bonds. The molecule has 2 heterocycles. The van der Waals surface area contributed by atoms with Crippen LogP contribution < -0.4 is 5.32 Å². The van der Waals surface area contributed by atoms with Crippen LogP contribution in [0.4, 0.5) is 4.39 Å². The molecule has 0 aliphatic carbocycles. The fourth-order valence-corrected chi connectivity index (χ4v) is 4.09. The molecule has 1 atom stereocenters. The Hall–Kier alpha value is -3.15. The standard InChI is InChI=1S/C24H26FN3O2/c25-20-10-7-17(8-11-20)14-27-24(30)19-4-3-13-28(16-19)23(29)12-9-18-15-26-22-6-2-1-5-21(18)22/h1-2,5-8,10-11,15,19,26H,3-4,9,12-14,16H2,(H,27,30)/t19-/m1/s1. The Morgan fingerprint density at radius 1 is 1.13 bits per heavy atom. The van der Waals surface area contributed by atoms with Crippen molar-refractivity contribution < 1.29 is 14.0 Å². The number of fused-ring (bicyclic) bond motifs is 1. The average molecular weight is 407 g/mol. The molecule has 2 N–H and O–H groups in total. The van der Waals surface area contributed by atoms with Gasteiger partial charge in [0.1, 0.15) is 5.82 Å². The highest BCUT2D eigenvalue weighted by atomic mass is 19.1. The third-order valence-corrected chi connectivity index (χ3v) is 5.81. The van der Waals surface area contributed by atoms with Gasteiger partial charge in [0.15, 0.2) is 0 Å². The monoisotopic (exact) mass is 407 g/mol. The number of hydrogen-bond acceptors (Lipinski definition) is 2. The first-order valence-corrected chi connectivity index (χ1v) is 10.4. The minimum atomic E-state index is -0.292. The van der Waals surface area contributed by atoms with E-state index >= 15 is 0 Å². The van der Waals surface area contributed by atoms with Crippen LogP contribution in [0.3, 0.4) is 0 Å². The van der Waals surface area contributed by atoms with E-state index in [2.05, 4.69) is 16.4 Å². The number of rotatable bonds is 6. The smallest absolute Gasteiger partial charge is 0.225 e. The van der Waals surface area contributed by atoms with Crippen molar-refractivity contribution >= 4 is 22.7 Å². The summed E-state index contributed by atoms with van der Waals surface area (Å²) >= 11 is 0. The van der Waals surface area contributed by atoms with E-state index in [1.807, 2.05) is 29.3 Å². The minimum Gasteiger partial charge on any atom is -0.361 e. The van der Waals surface area contributed by atoms with E-state index in [1.165, 1.54) is 12.1 Å². The zero-order valence-corrected chi connectivity index (χ0v) is 16.9. The third kappa shape index (κ3) is 4.70. The van der Waals surface area contributed by atoms with Crippen molar-refractivity contribution in [1.29, 1.82) is 0 Å². The van der Waals surface area contributed by atoms with Crippen LogP contribution in [-0.2, 0) is 22.6 Å². The summed E-state index contributed by atoms with van der Waals surface area (Å²) in [5.74, 6) is -0.444. The van der Waals surface area contributed by atoms with E-state index in [0.717, 1.165) is 34.9 Å². The molecule has 2 aromatic carbocycles. The lowest BCUT2D eigenvalue weighted by molar-refractivity contribution is -0.135. The van der Waals surface area contributed by atoms with Crippen LogP contribution in [0.2, 0.25) is 0 Å². The highest BCUT2D eigenvalue weighted by Gasteiger charge is 2.28. The molecule has 0 bridgehead atoms. The number of carbonyl (C=O) groups excluding carboxylic acids is 2. The molecular weight excluding hydrogens is 381 g/mol. The maximum atomic E-state index is 13.0. The zero-order chi connectivity index (χ0) is 20.9. The predicted molar refractivity (Wildman–Crippen MR) is 114 cm³/mol. The number of carbonyl (C=O) groups is 2. The van der Waals surface area contributed by atoms with Gasteiger partial charge in [0.2, 0.25) is 11.8 Å². The van der Waals surface area contributed by atoms with Crippen molar-refractivity contribution in [2.24, 2.45) is 5.92 Å². The highest BCUT2D eigenvalue weighted by Crippen LogP contribution is 2.21. The summed E-state index contributed by atoms with van der Waals surface area (Å²) in [6.07, 6.45) is 4.70. The van der Waals surface area contributed by atoms with Gasteiger partial charge in [0, 0.05) is 43.2 Å². The maximum Gasteiger partial charge on any atom is 0.225 e. The lowest BCUT2D eigenvalue weighted by Crippen LogP contribution is -2.45. The van der Waals surface area contributed by atoms with E-state index in [0.29, 0.717) is 32.5 Å². The molecule has 0 saturated carbocycles. The number of nitrogens with one attached hydrogen (secondary N) is 2. The second kappa shape index (κ2) is 9.11. The van der Waals surface area contributed by atoms with Crippen LogP contribution in [0.25, 0.3) is 10.9 Å². The van der Waals surface area contributed by atoms with Crippen molar-refractivity contribution in [2.75, 3.05) is 13.1 Å². The molecule has 6 heteroatoms. The van der Waals surface area contributed by atoms with Gasteiger partial charge in [-0.2, -0.15) is 0 Å². The van der Waals surface area contributed by atoms with E-state index in [9.17, 15) is 14.0 Å². The molecule has 0 radical (unpaired) electrons. The van der Waals surface area contributed by atoms with Gasteiger partial charge in [0.05, 0.1) is 5.92 Å². The highest BCUT2D eigenvalue weighted by molar-refractivity contribution is 5.84. The molecule has 3 aromatic rings. The van der Waals surface area contributed by atoms with Gasteiger partial charge in [-0.3, -0.25) is 9.59 Å². The number of piperidine rings is 1. The first-order valence-electron chi connectivity index (χ1n) is 10.4. The fourth-order valence-electron chi connectivity index (χ4n) is 4.09. The number of aryl methyl sites for hydroxylation is 1. The number of aromatic nitrogens is 1. The Morgan fingerprint density at radius 3 is 2.77 bits per heavy atom. The number of aromatic amines is 1. The van der Waals surface area contributed by atoms with Gasteiger partial charge in [-0.05, 0) is 48.6 Å². The van der Waals surface area contributed by atoms with Crippen molar-refractivity contribution in [1.82, 2.24) is 15.2 Å². The number of nitrogens with zero attached hydrogens (tertiary/aromatic N) is 1. The molecule has 1 aliphatic rings. The molecule has 0 unspecified atom stereocenters. The first kappa shape index (κ1) is 20.1. The molecule has 0 spiro atoms. The van der Waals surface area contributed by atoms with Crippen LogP contribution in [-0.4, -0.2) is 34.8 Å². The average Bonchev–Trinajstić information content (AvgIpc) is 3.20. The predicted octanol–water partition coefficient (Wildman–Crippen LogP) is 3.79. The summed E-state index contributed by atoms with van der Waals surface area (Å²) < 4.78 is 13.0. The van der Waals surface area contributed by atoms with Gasteiger partial charge in [0.25, 0.3) is 0 Å². The van der Waals surface area contributed by atoms with E-state index in [1.54, 1.807) is 12.1 Å². The van der Waals surface area contributed by atoms with Crippen LogP contribution in [0.1, 0.15) is 30.4 Å². The third-order valence-electron chi connectivity index (χ3n) is 5.81. The summed E-state index contributed by atoms with van der Waals surface area (Å²) in [5, 5.41) is 4.07. The number of H-pyrrole nitrogens is 1. The normalized spacial score (nSPS) is 16.6. The van der Waals surface area contributed by atoms with Gasteiger partial charge in [-0.1, -0.05) is 30.3 Å². The largest absolute Gasteiger partial charge is 0.361 e. The van der Waals surface area contributed by atoms with E-state index in [4.69, 9.17) is 0 Å². The number of hydrogen-bond donors (Lipinski definition) is 2. The number of likely N-dealkylation sites (tertiary alicyclic amines) is 1. The van der Waals surface area contributed by atoms with E-state index < -0.39 is 0 Å². The Balaban J connectivity index is 1.28. The van der Waals surface area contributed by atoms with Crippen LogP contribution in [0.5, 0.6) is 0 Å². The Labute approximate surface area is 175 Å². The quantitative estimate of drug-likeness (QED) is 0.653. The first-order chi connectivity index (χ1) is 14.6. The molecule has 1 fully saturated rings. The number of para-hydroxylation sites is 1. The Bertz CT molecular complexity index is 1030. The lowest BCUT2D eigenvalue weighted by Gasteiger charge is -2.32. The minimum absolute atomic E-state index is 0.0477. The lowest BCUT2D eigenvalue weighted by atomic mass is 9.96. The summed E-state index contributed by atoms with van der Waals surface area (Å²) in [7, 11) is 0. The molecule has 1 aliphatic heterocycles. The van der Waals surface area contributed by atoms with Gasteiger partial charge in [-0.25, -0.2) is 4.39 Å². The van der Waals surface area contributed by atoms with Crippen LogP contribution in [0, 0.1) is 11.7 Å². The van der Waals surface area contributed by atoms with Crippen molar-refractivity contribution in [3.63, 3.8) is 0 Å². The number of benzene rings is 2. The molecule has 5 nitrogen and oxygen atoms in total. The van der Waals surface area contributed by atoms with Crippen LogP contribution >= 0.6 is 0 Å². The summed E-state index contributed by atoms with van der Waals surface area (Å²) in [5.41, 5.74) is 3.08.